The Balaban J connectivity index is 1.74. The molecule has 0 aliphatic carbocycles. The molecule has 152 valence electrons. The Labute approximate surface area is 162 Å². The molecule has 1 aliphatic rings. The van der Waals surface area contributed by atoms with E-state index in [1.54, 1.807) is 6.07 Å². The molecular weight excluding hydrogens is 372 g/mol. The molecule has 8 heteroatoms. The number of nitrogens with zero attached hydrogens (tertiary/aromatic N) is 3. The van der Waals surface area contributed by atoms with Crippen molar-refractivity contribution in [1.29, 1.82) is 0 Å². The largest absolute Gasteiger partial charge is 0.416 e. The van der Waals surface area contributed by atoms with E-state index < -0.39 is 17.9 Å². The first-order valence-corrected chi connectivity index (χ1v) is 9.30. The van der Waals surface area contributed by atoms with Gasteiger partial charge in [-0.1, -0.05) is 12.1 Å². The first-order chi connectivity index (χ1) is 13.1. The summed E-state index contributed by atoms with van der Waals surface area (Å²) in [5, 5.41) is 11.6. The van der Waals surface area contributed by atoms with Crippen molar-refractivity contribution in [1.82, 2.24) is 15.1 Å². The third kappa shape index (κ3) is 4.79. The summed E-state index contributed by atoms with van der Waals surface area (Å²) in [6, 6.07) is 6.83. The van der Waals surface area contributed by atoms with Crippen LogP contribution < -0.4 is 5.32 Å². The number of benzene rings is 1. The minimum absolute atomic E-state index is 0.0724. The van der Waals surface area contributed by atoms with Gasteiger partial charge in [-0.05, 0) is 44.5 Å². The smallest absolute Gasteiger partial charge is 0.364 e. The number of hydrogen-bond donors (Lipinski definition) is 1. The van der Waals surface area contributed by atoms with Crippen LogP contribution in [0.5, 0.6) is 0 Å². The first kappa shape index (κ1) is 20.5. The lowest BCUT2D eigenvalue weighted by molar-refractivity contribution is -0.137. The maximum atomic E-state index is 14.0. The van der Waals surface area contributed by atoms with Crippen LogP contribution >= 0.6 is 0 Å². The third-order valence-electron chi connectivity index (χ3n) is 4.98. The van der Waals surface area contributed by atoms with Gasteiger partial charge in [-0.15, -0.1) is 10.2 Å². The highest BCUT2D eigenvalue weighted by molar-refractivity contribution is 5.64. The van der Waals surface area contributed by atoms with Gasteiger partial charge in [-0.25, -0.2) is 4.39 Å². The third-order valence-corrected chi connectivity index (χ3v) is 4.98. The summed E-state index contributed by atoms with van der Waals surface area (Å²) in [5.41, 5.74) is 1.17. The molecule has 0 bridgehead atoms. The molecule has 0 unspecified atom stereocenters. The van der Waals surface area contributed by atoms with Gasteiger partial charge in [-0.3, -0.25) is 4.90 Å². The summed E-state index contributed by atoms with van der Waals surface area (Å²) in [6.45, 7) is 7.06. The number of halogens is 4. The van der Waals surface area contributed by atoms with Crippen LogP contribution in [0.25, 0.3) is 11.3 Å². The Morgan fingerprint density at radius 3 is 2.36 bits per heavy atom. The van der Waals surface area contributed by atoms with Crippen LogP contribution in [-0.2, 0) is 6.18 Å². The van der Waals surface area contributed by atoms with Gasteiger partial charge in [0.05, 0.1) is 11.3 Å². The van der Waals surface area contributed by atoms with E-state index in [2.05, 4.69) is 20.4 Å². The normalized spacial score (nSPS) is 21.1. The van der Waals surface area contributed by atoms with E-state index in [1.807, 2.05) is 20.8 Å². The molecule has 1 N–H and O–H groups in total. The molecule has 28 heavy (non-hydrogen) atoms. The fraction of sp³-hybridized carbons (Fsp3) is 0.500. The summed E-state index contributed by atoms with van der Waals surface area (Å²) >= 11 is 0. The number of piperidine rings is 1. The topological polar surface area (TPSA) is 41.0 Å². The van der Waals surface area contributed by atoms with E-state index in [0.717, 1.165) is 24.2 Å². The molecular formula is C20H24F4N4. The Hall–Kier alpha value is -2.22. The SMILES string of the molecule is Cc1cc(N[C@@H]2C[C@@H](F)CN(C(C)C)C2)nnc1-c1ccc(C(F)(F)F)cc1. The summed E-state index contributed by atoms with van der Waals surface area (Å²) in [6.07, 6.45) is -4.86. The van der Waals surface area contributed by atoms with Crippen molar-refractivity contribution in [2.75, 3.05) is 18.4 Å². The lowest BCUT2D eigenvalue weighted by atomic mass is 10.0. The van der Waals surface area contributed by atoms with Crippen molar-refractivity contribution in [2.24, 2.45) is 0 Å². The van der Waals surface area contributed by atoms with Gasteiger partial charge in [0.1, 0.15) is 12.0 Å². The van der Waals surface area contributed by atoms with E-state index in [0.29, 0.717) is 30.0 Å². The molecule has 0 saturated carbocycles. The number of aromatic nitrogens is 2. The van der Waals surface area contributed by atoms with E-state index in [9.17, 15) is 17.6 Å². The Morgan fingerprint density at radius 2 is 1.79 bits per heavy atom. The Morgan fingerprint density at radius 1 is 1.11 bits per heavy atom. The second-order valence-corrected chi connectivity index (χ2v) is 7.56. The average Bonchev–Trinajstić information content (AvgIpc) is 2.61. The molecule has 1 saturated heterocycles. The van der Waals surface area contributed by atoms with Crippen LogP contribution in [0.15, 0.2) is 30.3 Å². The van der Waals surface area contributed by atoms with Gasteiger partial charge in [0.2, 0.25) is 0 Å². The quantitative estimate of drug-likeness (QED) is 0.761. The number of anilines is 1. The van der Waals surface area contributed by atoms with Crippen molar-refractivity contribution in [3.8, 4) is 11.3 Å². The van der Waals surface area contributed by atoms with Gasteiger partial charge in [0.15, 0.2) is 0 Å². The minimum Gasteiger partial charge on any atom is -0.364 e. The van der Waals surface area contributed by atoms with E-state index in [1.165, 1.54) is 12.1 Å². The number of aryl methyl sites for hydroxylation is 1. The zero-order valence-corrected chi connectivity index (χ0v) is 16.1. The van der Waals surface area contributed by atoms with Crippen molar-refractivity contribution in [2.45, 2.75) is 51.6 Å². The van der Waals surface area contributed by atoms with Gasteiger partial charge in [0.25, 0.3) is 0 Å². The number of likely N-dealkylation sites (tertiary alicyclic amines) is 1. The monoisotopic (exact) mass is 396 g/mol. The zero-order valence-electron chi connectivity index (χ0n) is 16.1. The Kier molecular flexibility index (Phi) is 5.88. The van der Waals surface area contributed by atoms with Crippen LogP contribution in [0.2, 0.25) is 0 Å². The maximum absolute atomic E-state index is 14.0. The molecule has 1 aromatic heterocycles. The summed E-state index contributed by atoms with van der Waals surface area (Å²) in [5.74, 6) is 0.538. The number of nitrogens with one attached hydrogen (secondary N) is 1. The van der Waals surface area contributed by atoms with Crippen molar-refractivity contribution in [3.05, 3.63) is 41.5 Å². The van der Waals surface area contributed by atoms with Crippen molar-refractivity contribution < 1.29 is 17.6 Å². The van der Waals surface area contributed by atoms with Crippen LogP contribution in [0.1, 0.15) is 31.4 Å². The van der Waals surface area contributed by atoms with Crippen LogP contribution in [0.4, 0.5) is 23.4 Å². The molecule has 2 heterocycles. The van der Waals surface area contributed by atoms with Crippen LogP contribution in [-0.4, -0.2) is 46.4 Å². The predicted molar refractivity (Wildman–Crippen MR) is 101 cm³/mol. The van der Waals surface area contributed by atoms with E-state index >= 15 is 0 Å². The highest BCUT2D eigenvalue weighted by Crippen LogP contribution is 2.31. The van der Waals surface area contributed by atoms with Crippen molar-refractivity contribution >= 4 is 5.82 Å². The molecule has 2 atom stereocenters. The van der Waals surface area contributed by atoms with Crippen LogP contribution in [0.3, 0.4) is 0 Å². The highest BCUT2D eigenvalue weighted by atomic mass is 19.4. The summed E-state index contributed by atoms with van der Waals surface area (Å²) in [4.78, 5) is 2.09. The van der Waals surface area contributed by atoms with Crippen LogP contribution in [0, 0.1) is 6.92 Å². The molecule has 1 aliphatic heterocycles. The number of hydrogen-bond acceptors (Lipinski definition) is 4. The average molecular weight is 396 g/mol. The molecule has 1 aromatic carbocycles. The van der Waals surface area contributed by atoms with E-state index in [-0.39, 0.29) is 12.1 Å². The predicted octanol–water partition coefficient (Wildman–Crippen LogP) is 4.70. The molecule has 0 spiro atoms. The molecule has 2 aromatic rings. The summed E-state index contributed by atoms with van der Waals surface area (Å²) in [7, 11) is 0. The highest BCUT2D eigenvalue weighted by Gasteiger charge is 2.30. The first-order valence-electron chi connectivity index (χ1n) is 9.30. The fourth-order valence-corrected chi connectivity index (χ4v) is 3.46. The standard InChI is InChI=1S/C20H24F4N4/c1-12(2)28-10-16(21)9-17(11-28)25-18-8-13(3)19(27-26-18)14-4-6-15(7-5-14)20(22,23)24/h4-8,12,16-17H,9-11H2,1-3H3,(H,25,26)/t16-,17-/m1/s1. The second kappa shape index (κ2) is 8.03. The molecule has 0 amide bonds. The summed E-state index contributed by atoms with van der Waals surface area (Å²) < 4.78 is 52.2. The van der Waals surface area contributed by atoms with Gasteiger partial charge in [0, 0.05) is 37.2 Å². The molecule has 3 rings (SSSR count). The lowest BCUT2D eigenvalue weighted by Gasteiger charge is -2.37. The van der Waals surface area contributed by atoms with Crippen molar-refractivity contribution in [3.63, 3.8) is 0 Å². The zero-order chi connectivity index (χ0) is 20.5. The van der Waals surface area contributed by atoms with Gasteiger partial charge >= 0.3 is 6.18 Å². The Bertz CT molecular complexity index is 805. The van der Waals surface area contributed by atoms with E-state index in [4.69, 9.17) is 0 Å². The molecule has 4 nitrogen and oxygen atoms in total. The minimum atomic E-state index is -4.37. The second-order valence-electron chi connectivity index (χ2n) is 7.56. The number of alkyl halides is 4. The number of rotatable bonds is 4. The maximum Gasteiger partial charge on any atom is 0.416 e. The lowest BCUT2D eigenvalue weighted by Crippen LogP contribution is -2.49. The van der Waals surface area contributed by atoms with Gasteiger partial charge in [-0.2, -0.15) is 13.2 Å². The fourth-order valence-electron chi connectivity index (χ4n) is 3.46. The molecule has 1 fully saturated rings. The molecule has 0 radical (unpaired) electrons. The van der Waals surface area contributed by atoms with Gasteiger partial charge < -0.3 is 5.32 Å².